The lowest BCUT2D eigenvalue weighted by Gasteiger charge is -2.04. The summed E-state index contributed by atoms with van der Waals surface area (Å²) in [7, 11) is 0. The Kier molecular flexibility index (Phi) is 2.93. The highest BCUT2D eigenvalue weighted by Gasteiger charge is 2.00. The zero-order valence-electron chi connectivity index (χ0n) is 8.56. The average molecular weight is 195 g/mol. The SMILES string of the molecule is C=Nc1ccccc1Cc1ccccc1. The summed E-state index contributed by atoms with van der Waals surface area (Å²) in [5.41, 5.74) is 3.49. The molecule has 0 N–H and O–H groups in total. The van der Waals surface area contributed by atoms with Gasteiger partial charge in [0.15, 0.2) is 0 Å². The highest BCUT2D eigenvalue weighted by Crippen LogP contribution is 2.20. The van der Waals surface area contributed by atoms with E-state index < -0.39 is 0 Å². The number of hydrogen-bond acceptors (Lipinski definition) is 1. The van der Waals surface area contributed by atoms with Gasteiger partial charge in [0.25, 0.3) is 0 Å². The van der Waals surface area contributed by atoms with Gasteiger partial charge in [0.2, 0.25) is 0 Å². The highest BCUT2D eigenvalue weighted by molar-refractivity contribution is 5.52. The molecule has 0 aliphatic rings. The van der Waals surface area contributed by atoms with Crippen LogP contribution < -0.4 is 0 Å². The molecule has 0 radical (unpaired) electrons. The first-order valence-electron chi connectivity index (χ1n) is 4.98. The second-order valence-electron chi connectivity index (χ2n) is 3.45. The van der Waals surface area contributed by atoms with Crippen LogP contribution in [0.2, 0.25) is 0 Å². The third kappa shape index (κ3) is 2.32. The molecule has 0 saturated carbocycles. The molecule has 0 saturated heterocycles. The van der Waals surface area contributed by atoms with E-state index in [1.54, 1.807) is 0 Å². The minimum absolute atomic E-state index is 0.913. The molecule has 2 aromatic carbocycles. The van der Waals surface area contributed by atoms with Crippen LogP contribution in [0.1, 0.15) is 11.1 Å². The standard InChI is InChI=1S/C14H13N/c1-15-14-10-6-5-9-13(14)11-12-7-3-2-4-8-12/h2-10H,1,11H2. The molecule has 0 aliphatic heterocycles. The smallest absolute Gasteiger partial charge is 0.0657 e. The van der Waals surface area contributed by atoms with Gasteiger partial charge in [-0.25, -0.2) is 0 Å². The van der Waals surface area contributed by atoms with E-state index in [1.165, 1.54) is 11.1 Å². The molecule has 0 unspecified atom stereocenters. The molecular formula is C14H13N. The van der Waals surface area contributed by atoms with E-state index in [0.717, 1.165) is 12.1 Å². The topological polar surface area (TPSA) is 12.4 Å². The van der Waals surface area contributed by atoms with Gasteiger partial charge in [-0.1, -0.05) is 48.5 Å². The molecular weight excluding hydrogens is 182 g/mol. The Labute approximate surface area is 90.1 Å². The lowest BCUT2D eigenvalue weighted by molar-refractivity contribution is 1.19. The normalized spacial score (nSPS) is 9.87. The van der Waals surface area contributed by atoms with E-state index >= 15 is 0 Å². The molecule has 0 aromatic heterocycles. The van der Waals surface area contributed by atoms with Gasteiger partial charge in [-0.3, -0.25) is 4.99 Å². The summed E-state index contributed by atoms with van der Waals surface area (Å²) >= 11 is 0. The fraction of sp³-hybridized carbons (Fsp3) is 0.0714. The molecule has 0 amide bonds. The van der Waals surface area contributed by atoms with Gasteiger partial charge in [-0.2, -0.15) is 0 Å². The van der Waals surface area contributed by atoms with Gasteiger partial charge in [-0.15, -0.1) is 0 Å². The summed E-state index contributed by atoms with van der Waals surface area (Å²) < 4.78 is 0. The Morgan fingerprint density at radius 1 is 0.867 bits per heavy atom. The predicted molar refractivity (Wildman–Crippen MR) is 64.9 cm³/mol. The van der Waals surface area contributed by atoms with Crippen LogP contribution in [0.5, 0.6) is 0 Å². The third-order valence-electron chi connectivity index (χ3n) is 2.40. The number of rotatable bonds is 3. The maximum absolute atomic E-state index is 4.02. The summed E-state index contributed by atoms with van der Waals surface area (Å²) in [4.78, 5) is 4.02. The predicted octanol–water partition coefficient (Wildman–Crippen LogP) is 3.61. The summed E-state index contributed by atoms with van der Waals surface area (Å²) in [6, 6.07) is 18.5. The zero-order chi connectivity index (χ0) is 10.5. The number of hydrogen-bond donors (Lipinski definition) is 0. The van der Waals surface area contributed by atoms with E-state index in [1.807, 2.05) is 24.3 Å². The van der Waals surface area contributed by atoms with Gasteiger partial charge >= 0.3 is 0 Å². The number of nitrogens with zero attached hydrogens (tertiary/aromatic N) is 1. The van der Waals surface area contributed by atoms with Crippen LogP contribution in [-0.2, 0) is 6.42 Å². The van der Waals surface area contributed by atoms with E-state index in [9.17, 15) is 0 Å². The monoisotopic (exact) mass is 195 g/mol. The molecule has 0 bridgehead atoms. The summed E-state index contributed by atoms with van der Waals surface area (Å²) in [5, 5.41) is 0. The van der Waals surface area contributed by atoms with Crippen LogP contribution in [0.25, 0.3) is 0 Å². The molecule has 0 heterocycles. The Morgan fingerprint density at radius 3 is 2.27 bits per heavy atom. The van der Waals surface area contributed by atoms with E-state index in [4.69, 9.17) is 0 Å². The van der Waals surface area contributed by atoms with Gasteiger partial charge in [0.1, 0.15) is 0 Å². The van der Waals surface area contributed by atoms with E-state index in [2.05, 4.69) is 42.0 Å². The molecule has 0 atom stereocenters. The summed E-state index contributed by atoms with van der Waals surface area (Å²) in [5.74, 6) is 0. The second-order valence-corrected chi connectivity index (χ2v) is 3.45. The lowest BCUT2D eigenvalue weighted by Crippen LogP contribution is -1.87. The van der Waals surface area contributed by atoms with Crippen molar-refractivity contribution in [2.75, 3.05) is 0 Å². The van der Waals surface area contributed by atoms with Gasteiger partial charge < -0.3 is 0 Å². The van der Waals surface area contributed by atoms with Crippen molar-refractivity contribution in [3.63, 3.8) is 0 Å². The van der Waals surface area contributed by atoms with Crippen molar-refractivity contribution in [1.82, 2.24) is 0 Å². The zero-order valence-corrected chi connectivity index (χ0v) is 8.56. The van der Waals surface area contributed by atoms with Crippen molar-refractivity contribution in [3.05, 3.63) is 65.7 Å². The first-order chi connectivity index (χ1) is 7.40. The Hall–Kier alpha value is -1.89. The van der Waals surface area contributed by atoms with Crippen LogP contribution in [0.3, 0.4) is 0 Å². The van der Waals surface area contributed by atoms with Crippen molar-refractivity contribution < 1.29 is 0 Å². The maximum atomic E-state index is 4.02. The van der Waals surface area contributed by atoms with Gasteiger partial charge in [0.05, 0.1) is 5.69 Å². The quantitative estimate of drug-likeness (QED) is 0.663. The first kappa shape index (κ1) is 9.66. The molecule has 1 heteroatoms. The Bertz CT molecular complexity index is 446. The number of para-hydroxylation sites is 1. The molecule has 74 valence electrons. The van der Waals surface area contributed by atoms with Gasteiger partial charge in [-0.05, 0) is 30.3 Å². The van der Waals surface area contributed by atoms with Crippen molar-refractivity contribution in [2.45, 2.75) is 6.42 Å². The second kappa shape index (κ2) is 4.56. The van der Waals surface area contributed by atoms with Crippen molar-refractivity contribution in [2.24, 2.45) is 4.99 Å². The average Bonchev–Trinajstić information content (AvgIpc) is 2.31. The number of benzene rings is 2. The molecule has 0 aliphatic carbocycles. The van der Waals surface area contributed by atoms with Crippen LogP contribution in [0, 0.1) is 0 Å². The molecule has 1 nitrogen and oxygen atoms in total. The third-order valence-corrected chi connectivity index (χ3v) is 2.40. The highest BCUT2D eigenvalue weighted by atomic mass is 14.7. The molecule has 2 aromatic rings. The van der Waals surface area contributed by atoms with Crippen LogP contribution in [0.4, 0.5) is 5.69 Å². The van der Waals surface area contributed by atoms with E-state index in [0.29, 0.717) is 0 Å². The van der Waals surface area contributed by atoms with E-state index in [-0.39, 0.29) is 0 Å². The molecule has 15 heavy (non-hydrogen) atoms. The first-order valence-corrected chi connectivity index (χ1v) is 4.98. The summed E-state index contributed by atoms with van der Waals surface area (Å²) in [6.07, 6.45) is 0.913. The van der Waals surface area contributed by atoms with Crippen LogP contribution >= 0.6 is 0 Å². The Balaban J connectivity index is 2.28. The van der Waals surface area contributed by atoms with Gasteiger partial charge in [0, 0.05) is 0 Å². The Morgan fingerprint density at radius 2 is 1.53 bits per heavy atom. The van der Waals surface area contributed by atoms with Crippen molar-refractivity contribution in [1.29, 1.82) is 0 Å². The fourth-order valence-electron chi connectivity index (χ4n) is 1.63. The van der Waals surface area contributed by atoms with Crippen LogP contribution in [0.15, 0.2) is 59.6 Å². The lowest BCUT2D eigenvalue weighted by atomic mass is 10.0. The molecule has 2 rings (SSSR count). The van der Waals surface area contributed by atoms with Crippen LogP contribution in [-0.4, -0.2) is 6.72 Å². The maximum Gasteiger partial charge on any atom is 0.0657 e. The fourth-order valence-corrected chi connectivity index (χ4v) is 1.63. The molecule has 0 spiro atoms. The largest absolute Gasteiger partial charge is 0.264 e. The number of aliphatic imine (C=N–C) groups is 1. The summed E-state index contributed by atoms with van der Waals surface area (Å²) in [6.45, 7) is 3.58. The van der Waals surface area contributed by atoms with Crippen molar-refractivity contribution >= 4 is 12.4 Å². The van der Waals surface area contributed by atoms with Crippen molar-refractivity contribution in [3.8, 4) is 0 Å². The minimum atomic E-state index is 0.913. The molecule has 0 fully saturated rings. The minimum Gasteiger partial charge on any atom is -0.264 e.